The Bertz CT molecular complexity index is 1120. The topological polar surface area (TPSA) is 97.5 Å². The Balaban J connectivity index is 2.01. The van der Waals surface area contributed by atoms with E-state index in [4.69, 9.17) is 12.6 Å². The van der Waals surface area contributed by atoms with Crippen LogP contribution < -0.4 is 15.9 Å². The molecule has 2 N–H and O–H groups in total. The van der Waals surface area contributed by atoms with Crippen LogP contribution in [0, 0.1) is 25.5 Å². The van der Waals surface area contributed by atoms with Gasteiger partial charge in [-0.05, 0) is 31.1 Å². The molecule has 0 saturated carbocycles. The Morgan fingerprint density at radius 1 is 1.11 bits per heavy atom. The van der Waals surface area contributed by atoms with Crippen molar-refractivity contribution in [1.29, 1.82) is 0 Å². The summed E-state index contributed by atoms with van der Waals surface area (Å²) < 4.78 is 33.0. The van der Waals surface area contributed by atoms with Gasteiger partial charge in [-0.25, -0.2) is 13.8 Å². The molecule has 3 heterocycles. The van der Waals surface area contributed by atoms with Gasteiger partial charge in [-0.3, -0.25) is 14.3 Å². The first kappa shape index (κ1) is 19.7. The molecule has 3 rings (SSSR count). The molecule has 0 bridgehead atoms. The van der Waals surface area contributed by atoms with Gasteiger partial charge in [-0.1, -0.05) is 0 Å². The predicted octanol–water partition coefficient (Wildman–Crippen LogP) is 0.490. The van der Waals surface area contributed by atoms with Crippen LogP contribution in [0.3, 0.4) is 0 Å². The largest absolute Gasteiger partial charge is 0.434 e. The molecule has 2 radical (unpaired) electrons. The highest BCUT2D eigenvalue weighted by Gasteiger charge is 2.35. The second-order valence-corrected chi connectivity index (χ2v) is 6.10. The van der Waals surface area contributed by atoms with Crippen molar-refractivity contribution in [2.75, 3.05) is 0 Å². The monoisotopic (exact) mass is 385 g/mol. The number of aromatic nitrogens is 3. The zero-order valence-electron chi connectivity index (χ0n) is 14.8. The zero-order chi connectivity index (χ0) is 20.6. The second-order valence-electron chi connectivity index (χ2n) is 6.10. The van der Waals surface area contributed by atoms with E-state index < -0.39 is 28.9 Å². The standard InChI is InChI=1S/C18H14BF2N3O4/c1-9-7-22-15(19)6-14(9)24-10(2)3-12(5-16(24)25)28-18(26,27)17-13(21)4-11(20)8-23-17/h3-8,26-27H,1-2H3. The van der Waals surface area contributed by atoms with Crippen LogP contribution in [-0.4, -0.2) is 32.6 Å². The van der Waals surface area contributed by atoms with Gasteiger partial charge in [-0.15, -0.1) is 0 Å². The smallest absolute Gasteiger partial charge is 0.372 e. The lowest BCUT2D eigenvalue weighted by Crippen LogP contribution is -2.35. The molecule has 142 valence electrons. The first-order valence-electron chi connectivity index (χ1n) is 8.00. The van der Waals surface area contributed by atoms with Crippen LogP contribution in [0.2, 0.25) is 0 Å². The zero-order valence-corrected chi connectivity index (χ0v) is 14.8. The Morgan fingerprint density at radius 2 is 1.82 bits per heavy atom. The molecule has 0 aliphatic heterocycles. The highest BCUT2D eigenvalue weighted by atomic mass is 19.1. The van der Waals surface area contributed by atoms with Gasteiger partial charge in [0, 0.05) is 30.1 Å². The molecule has 7 nitrogen and oxygen atoms in total. The number of aliphatic hydroxyl groups is 2. The Labute approximate surface area is 159 Å². The van der Waals surface area contributed by atoms with Gasteiger partial charge in [0.15, 0.2) is 11.5 Å². The number of hydrogen-bond donors (Lipinski definition) is 2. The Hall–Kier alpha value is -3.11. The summed E-state index contributed by atoms with van der Waals surface area (Å²) in [6, 6.07) is 4.25. The van der Waals surface area contributed by atoms with E-state index in [9.17, 15) is 23.8 Å². The maximum absolute atomic E-state index is 13.8. The van der Waals surface area contributed by atoms with Gasteiger partial charge in [0.05, 0.1) is 11.9 Å². The maximum Gasteiger partial charge on any atom is 0.372 e. The number of halogens is 2. The molecular formula is C18H14BF2N3O4. The normalized spacial score (nSPS) is 11.5. The molecule has 0 aromatic carbocycles. The molecular weight excluding hydrogens is 371 g/mol. The molecule has 0 aliphatic carbocycles. The molecule has 3 aromatic rings. The fraction of sp³-hybridized carbons (Fsp3) is 0.167. The quantitative estimate of drug-likeness (QED) is 0.501. The van der Waals surface area contributed by atoms with Crippen molar-refractivity contribution >= 4 is 13.4 Å². The van der Waals surface area contributed by atoms with Crippen molar-refractivity contribution in [2.45, 2.75) is 19.8 Å². The lowest BCUT2D eigenvalue weighted by molar-refractivity contribution is -0.308. The molecule has 0 amide bonds. The van der Waals surface area contributed by atoms with E-state index in [1.807, 2.05) is 0 Å². The minimum Gasteiger partial charge on any atom is -0.434 e. The number of ether oxygens (including phenoxy) is 1. The van der Waals surface area contributed by atoms with Crippen molar-refractivity contribution in [1.82, 2.24) is 14.5 Å². The molecule has 0 unspecified atom stereocenters. The molecule has 0 atom stereocenters. The minimum atomic E-state index is -3.22. The molecule has 0 fully saturated rings. The third kappa shape index (κ3) is 3.78. The SMILES string of the molecule is [B]c1cc(-n2c(C)cc(OC(O)(O)c3ncc(F)cc3F)cc2=O)c(C)cn1. The summed E-state index contributed by atoms with van der Waals surface area (Å²) in [5.74, 6) is -5.80. The van der Waals surface area contributed by atoms with Crippen LogP contribution in [0.1, 0.15) is 17.0 Å². The van der Waals surface area contributed by atoms with Gasteiger partial charge in [0.25, 0.3) is 5.56 Å². The number of hydrogen-bond acceptors (Lipinski definition) is 6. The summed E-state index contributed by atoms with van der Waals surface area (Å²) in [5.41, 5.74) is 0.256. The highest BCUT2D eigenvalue weighted by molar-refractivity contribution is 6.30. The van der Waals surface area contributed by atoms with Gasteiger partial charge in [-0.2, -0.15) is 0 Å². The summed E-state index contributed by atoms with van der Waals surface area (Å²) in [7, 11) is 5.68. The van der Waals surface area contributed by atoms with Crippen molar-refractivity contribution in [3.63, 3.8) is 0 Å². The van der Waals surface area contributed by atoms with Crippen molar-refractivity contribution < 1.29 is 23.7 Å². The summed E-state index contributed by atoms with van der Waals surface area (Å²) >= 11 is 0. The minimum absolute atomic E-state index is 0.217. The van der Waals surface area contributed by atoms with Crippen LogP contribution in [0.25, 0.3) is 5.69 Å². The van der Waals surface area contributed by atoms with E-state index in [2.05, 4.69) is 9.97 Å². The van der Waals surface area contributed by atoms with Crippen LogP contribution in [0.5, 0.6) is 5.75 Å². The van der Waals surface area contributed by atoms with Crippen molar-refractivity contribution in [3.8, 4) is 11.4 Å². The van der Waals surface area contributed by atoms with E-state index in [1.165, 1.54) is 22.9 Å². The van der Waals surface area contributed by atoms with Gasteiger partial charge < -0.3 is 14.9 Å². The molecule has 10 heteroatoms. The number of pyridine rings is 3. The number of nitrogens with zero attached hydrogens (tertiary/aromatic N) is 3. The van der Waals surface area contributed by atoms with Gasteiger partial charge in [0.1, 0.15) is 19.4 Å². The van der Waals surface area contributed by atoms with E-state index in [-0.39, 0.29) is 11.3 Å². The van der Waals surface area contributed by atoms with Crippen molar-refractivity contribution in [2.24, 2.45) is 0 Å². The third-order valence-electron chi connectivity index (χ3n) is 3.90. The van der Waals surface area contributed by atoms with Crippen LogP contribution >= 0.6 is 0 Å². The summed E-state index contributed by atoms with van der Waals surface area (Å²) in [4.78, 5) is 19.8. The molecule has 0 aliphatic rings. The Kier molecular flexibility index (Phi) is 5.01. The first-order valence-corrected chi connectivity index (χ1v) is 8.00. The van der Waals surface area contributed by atoms with Crippen molar-refractivity contribution in [3.05, 3.63) is 75.6 Å². The lowest BCUT2D eigenvalue weighted by Gasteiger charge is -2.23. The van der Waals surface area contributed by atoms with Gasteiger partial charge >= 0.3 is 5.97 Å². The number of rotatable bonds is 4. The fourth-order valence-electron chi connectivity index (χ4n) is 2.68. The van der Waals surface area contributed by atoms with E-state index >= 15 is 0 Å². The van der Waals surface area contributed by atoms with E-state index in [1.54, 1.807) is 13.8 Å². The highest BCUT2D eigenvalue weighted by Crippen LogP contribution is 2.25. The average molecular weight is 385 g/mol. The maximum atomic E-state index is 13.8. The molecule has 3 aromatic heterocycles. The second kappa shape index (κ2) is 7.14. The molecule has 28 heavy (non-hydrogen) atoms. The predicted molar refractivity (Wildman–Crippen MR) is 95.6 cm³/mol. The average Bonchev–Trinajstić information content (AvgIpc) is 2.56. The lowest BCUT2D eigenvalue weighted by atomic mass is 10.0. The van der Waals surface area contributed by atoms with Gasteiger partial charge in [0.2, 0.25) is 0 Å². The number of aryl methyl sites for hydroxylation is 2. The van der Waals surface area contributed by atoms with E-state index in [0.29, 0.717) is 29.2 Å². The first-order chi connectivity index (χ1) is 13.1. The Morgan fingerprint density at radius 3 is 2.46 bits per heavy atom. The molecule has 0 saturated heterocycles. The summed E-state index contributed by atoms with van der Waals surface area (Å²) in [6.07, 6.45) is 2.11. The van der Waals surface area contributed by atoms with E-state index in [0.717, 1.165) is 6.07 Å². The summed E-state index contributed by atoms with van der Waals surface area (Å²) in [5, 5.41) is 20.1. The van der Waals surface area contributed by atoms with Crippen LogP contribution in [0.15, 0.2) is 41.5 Å². The summed E-state index contributed by atoms with van der Waals surface area (Å²) in [6.45, 7) is 3.32. The van der Waals surface area contributed by atoms with Crippen LogP contribution in [0.4, 0.5) is 8.78 Å². The molecule has 0 spiro atoms. The third-order valence-corrected chi connectivity index (χ3v) is 3.90. The van der Waals surface area contributed by atoms with Crippen LogP contribution in [-0.2, 0) is 5.97 Å². The fourth-order valence-corrected chi connectivity index (χ4v) is 2.68.